The molecule has 1 aliphatic rings. The summed E-state index contributed by atoms with van der Waals surface area (Å²) in [6.07, 6.45) is 2.61. The molecule has 1 N–H and O–H groups in total. The zero-order valence-electron chi connectivity index (χ0n) is 17.2. The molecule has 164 valence electrons. The molecule has 1 saturated heterocycles. The largest absolute Gasteiger partial charge is 0.381 e. The van der Waals surface area contributed by atoms with Crippen molar-refractivity contribution in [2.24, 2.45) is 0 Å². The number of ether oxygens (including phenoxy) is 1. The molecule has 0 unspecified atom stereocenters. The summed E-state index contributed by atoms with van der Waals surface area (Å²) in [5.41, 5.74) is 2.75. The van der Waals surface area contributed by atoms with Gasteiger partial charge < -0.3 is 4.74 Å². The van der Waals surface area contributed by atoms with E-state index in [9.17, 15) is 8.42 Å². The van der Waals surface area contributed by atoms with Crippen LogP contribution in [-0.4, -0.2) is 41.8 Å². The summed E-state index contributed by atoms with van der Waals surface area (Å²) >= 11 is 7.56. The number of halogens is 1. The first-order valence-electron chi connectivity index (χ1n) is 10.0. The zero-order valence-corrected chi connectivity index (χ0v) is 19.6. The Hall–Kier alpha value is -2.07. The third-order valence-corrected chi connectivity index (χ3v) is 8.43. The van der Waals surface area contributed by atoms with Crippen LogP contribution in [0, 0.1) is 0 Å². The van der Waals surface area contributed by atoms with Gasteiger partial charge in [-0.15, -0.1) is 11.3 Å². The van der Waals surface area contributed by atoms with Crippen LogP contribution in [0.1, 0.15) is 37.6 Å². The Bertz CT molecular complexity index is 1170. The minimum atomic E-state index is -3.50. The Morgan fingerprint density at radius 3 is 2.68 bits per heavy atom. The van der Waals surface area contributed by atoms with E-state index in [1.165, 1.54) is 0 Å². The van der Waals surface area contributed by atoms with Crippen LogP contribution in [-0.2, 0) is 14.8 Å². The second kappa shape index (κ2) is 9.20. The Labute approximate surface area is 190 Å². The highest BCUT2D eigenvalue weighted by Gasteiger charge is 2.28. The van der Waals surface area contributed by atoms with Gasteiger partial charge in [-0.2, -0.15) is 0 Å². The maximum atomic E-state index is 12.8. The summed E-state index contributed by atoms with van der Waals surface area (Å²) in [6, 6.07) is 9.09. The van der Waals surface area contributed by atoms with Crippen LogP contribution in [0.4, 0.5) is 5.69 Å². The zero-order chi connectivity index (χ0) is 22.0. The number of aromatic nitrogens is 3. The molecule has 0 spiro atoms. The van der Waals surface area contributed by atoms with Gasteiger partial charge in [0.25, 0.3) is 0 Å². The molecule has 10 heteroatoms. The average Bonchev–Trinajstić information content (AvgIpc) is 3.20. The summed E-state index contributed by atoms with van der Waals surface area (Å²) in [5.74, 6) is 0.241. The van der Waals surface area contributed by atoms with E-state index in [1.54, 1.807) is 29.7 Å². The first-order valence-corrected chi connectivity index (χ1v) is 12.8. The molecule has 1 aliphatic heterocycles. The highest BCUT2D eigenvalue weighted by atomic mass is 35.5. The predicted molar refractivity (Wildman–Crippen MR) is 124 cm³/mol. The first-order chi connectivity index (χ1) is 14.8. The van der Waals surface area contributed by atoms with Crippen LogP contribution in [0.2, 0.25) is 5.28 Å². The second-order valence-corrected chi connectivity index (χ2v) is 11.0. The highest BCUT2D eigenvalue weighted by Crippen LogP contribution is 2.39. The van der Waals surface area contributed by atoms with E-state index in [1.807, 2.05) is 18.2 Å². The molecule has 0 aliphatic carbocycles. The van der Waals surface area contributed by atoms with E-state index in [0.29, 0.717) is 37.4 Å². The molecule has 7 nitrogen and oxygen atoms in total. The standard InChI is InChI=1S/C21H23ClN4O3S2/c1-13(2)20-25-18(19(30-20)17-6-9-23-21(22)24-17)14-4-3-5-15(12-14)26-31(27,28)16-7-10-29-11-8-16/h3-6,9,12-13,16,26H,7-8,10-11H2,1-2H3. The topological polar surface area (TPSA) is 94.1 Å². The summed E-state index contributed by atoms with van der Waals surface area (Å²) in [5, 5.41) is 0.685. The van der Waals surface area contributed by atoms with E-state index in [4.69, 9.17) is 21.3 Å². The van der Waals surface area contributed by atoms with E-state index in [2.05, 4.69) is 28.5 Å². The van der Waals surface area contributed by atoms with Gasteiger partial charge in [0.1, 0.15) is 0 Å². The van der Waals surface area contributed by atoms with Gasteiger partial charge in [0.15, 0.2) is 0 Å². The summed E-state index contributed by atoms with van der Waals surface area (Å²) < 4.78 is 33.7. The minimum absolute atomic E-state index is 0.168. The van der Waals surface area contributed by atoms with Crippen LogP contribution in [0.3, 0.4) is 0 Å². The summed E-state index contributed by atoms with van der Waals surface area (Å²) in [4.78, 5) is 14.0. The van der Waals surface area contributed by atoms with Crippen molar-refractivity contribution in [3.8, 4) is 21.8 Å². The number of benzene rings is 1. The molecule has 0 amide bonds. The van der Waals surface area contributed by atoms with E-state index in [0.717, 1.165) is 21.1 Å². The number of hydrogen-bond donors (Lipinski definition) is 1. The molecule has 4 rings (SSSR count). The molecular formula is C21H23ClN4O3S2. The van der Waals surface area contributed by atoms with Gasteiger partial charge in [-0.05, 0) is 42.6 Å². The lowest BCUT2D eigenvalue weighted by molar-refractivity contribution is 0.0984. The molecule has 0 radical (unpaired) electrons. The molecular weight excluding hydrogens is 456 g/mol. The third kappa shape index (κ3) is 5.06. The molecule has 0 saturated carbocycles. The Morgan fingerprint density at radius 1 is 1.19 bits per heavy atom. The fraction of sp³-hybridized carbons (Fsp3) is 0.381. The number of hydrogen-bond acceptors (Lipinski definition) is 7. The lowest BCUT2D eigenvalue weighted by atomic mass is 10.1. The van der Waals surface area contributed by atoms with Gasteiger partial charge in [-0.1, -0.05) is 26.0 Å². The van der Waals surface area contributed by atoms with Crippen molar-refractivity contribution in [3.63, 3.8) is 0 Å². The van der Waals surface area contributed by atoms with Gasteiger partial charge in [0, 0.05) is 36.6 Å². The number of nitrogens with zero attached hydrogens (tertiary/aromatic N) is 3. The maximum absolute atomic E-state index is 12.8. The SMILES string of the molecule is CC(C)c1nc(-c2cccc(NS(=O)(=O)C3CCOCC3)c2)c(-c2ccnc(Cl)n2)s1. The van der Waals surface area contributed by atoms with E-state index < -0.39 is 15.3 Å². The second-order valence-electron chi connectivity index (χ2n) is 7.64. The third-order valence-electron chi connectivity index (χ3n) is 5.00. The molecule has 0 bridgehead atoms. The van der Waals surface area contributed by atoms with Gasteiger partial charge in [-0.3, -0.25) is 4.72 Å². The van der Waals surface area contributed by atoms with Crippen molar-refractivity contribution in [2.75, 3.05) is 17.9 Å². The minimum Gasteiger partial charge on any atom is -0.381 e. The van der Waals surface area contributed by atoms with Gasteiger partial charge in [0.2, 0.25) is 15.3 Å². The Kier molecular flexibility index (Phi) is 6.57. The van der Waals surface area contributed by atoms with Crippen molar-refractivity contribution in [3.05, 3.63) is 46.8 Å². The fourth-order valence-corrected chi connectivity index (χ4v) is 6.02. The van der Waals surface area contributed by atoms with Crippen LogP contribution in [0.5, 0.6) is 0 Å². The quantitative estimate of drug-likeness (QED) is 0.503. The molecule has 1 aromatic carbocycles. The van der Waals surface area contributed by atoms with Crippen LogP contribution in [0.15, 0.2) is 36.5 Å². The molecule has 31 heavy (non-hydrogen) atoms. The number of anilines is 1. The van der Waals surface area contributed by atoms with Gasteiger partial charge in [-0.25, -0.2) is 23.4 Å². The summed E-state index contributed by atoms with van der Waals surface area (Å²) in [7, 11) is -3.50. The van der Waals surface area contributed by atoms with Crippen molar-refractivity contribution in [1.29, 1.82) is 0 Å². The Morgan fingerprint density at radius 2 is 1.97 bits per heavy atom. The van der Waals surface area contributed by atoms with Crippen LogP contribution < -0.4 is 4.72 Å². The van der Waals surface area contributed by atoms with Crippen molar-refractivity contribution in [2.45, 2.75) is 37.9 Å². The molecule has 2 aromatic heterocycles. The smallest absolute Gasteiger partial charge is 0.235 e. The lowest BCUT2D eigenvalue weighted by Crippen LogP contribution is -2.33. The van der Waals surface area contributed by atoms with Crippen LogP contribution >= 0.6 is 22.9 Å². The molecule has 0 atom stereocenters. The number of nitrogens with one attached hydrogen (secondary N) is 1. The Balaban J connectivity index is 1.70. The van der Waals surface area contributed by atoms with Crippen LogP contribution in [0.25, 0.3) is 21.8 Å². The van der Waals surface area contributed by atoms with E-state index >= 15 is 0 Å². The molecule has 1 fully saturated rings. The monoisotopic (exact) mass is 478 g/mol. The number of thiazole rings is 1. The highest BCUT2D eigenvalue weighted by molar-refractivity contribution is 7.93. The first kappa shape index (κ1) is 22.1. The molecule has 3 heterocycles. The van der Waals surface area contributed by atoms with Gasteiger partial charge >= 0.3 is 0 Å². The maximum Gasteiger partial charge on any atom is 0.235 e. The fourth-order valence-electron chi connectivity index (χ4n) is 3.38. The predicted octanol–water partition coefficient (Wildman–Crippen LogP) is 4.96. The number of rotatable bonds is 6. The van der Waals surface area contributed by atoms with Crippen molar-refractivity contribution in [1.82, 2.24) is 15.0 Å². The van der Waals surface area contributed by atoms with Gasteiger partial charge in [0.05, 0.1) is 26.5 Å². The van der Waals surface area contributed by atoms with Crippen molar-refractivity contribution < 1.29 is 13.2 Å². The average molecular weight is 479 g/mol. The molecule has 3 aromatic rings. The summed E-state index contributed by atoms with van der Waals surface area (Å²) in [6.45, 7) is 5.09. The normalized spacial score (nSPS) is 15.4. The van der Waals surface area contributed by atoms with E-state index in [-0.39, 0.29) is 11.2 Å². The lowest BCUT2D eigenvalue weighted by Gasteiger charge is -2.22. The van der Waals surface area contributed by atoms with Crippen molar-refractivity contribution >= 4 is 38.6 Å². The number of sulfonamides is 1.